The zero-order chi connectivity index (χ0) is 42.2. The molecule has 0 aliphatic carbocycles. The smallest absolute Gasteiger partial charge is 0.333 e. The lowest BCUT2D eigenvalue weighted by molar-refractivity contribution is -0.369. The molecule has 1 aromatic rings. The Morgan fingerprint density at radius 2 is 1.55 bits per heavy atom. The predicted molar refractivity (Wildman–Crippen MR) is 204 cm³/mol. The second-order valence-electron chi connectivity index (χ2n) is 14.5. The molecule has 0 saturated carbocycles. The molecule has 2 bridgehead atoms. The van der Waals surface area contributed by atoms with E-state index in [0.29, 0.717) is 31.2 Å². The largest absolute Gasteiger partial charge is 0.466 e. The first-order valence-corrected chi connectivity index (χ1v) is 20.0. The molecule has 0 spiro atoms. The van der Waals surface area contributed by atoms with Gasteiger partial charge in [-0.1, -0.05) is 62.6 Å². The van der Waals surface area contributed by atoms with E-state index >= 15 is 0 Å². The summed E-state index contributed by atoms with van der Waals surface area (Å²) in [5.41, 5.74) is 0.840. The number of hydrogen-bond acceptors (Lipinski definition) is 16. The lowest BCUT2D eigenvalue weighted by atomic mass is 9.96. The number of cyclic esters (lactones) is 2. The second kappa shape index (κ2) is 23.4. The fraction of sp³-hybridized carbons (Fsp3) is 0.643. The molecule has 2 N–H and O–H groups in total. The SMILES string of the molecule is C/C=C(\C)C(=O)O[C@@H]1[C@@H](O)[C@@H]2O[C@H]3[C@H](O[C@@H](CCCCC)CCCCOC(=O)CCC(=O)OC[C@@H](O2)[C@H]1OC(=O)/C=C/c1ccccc1)O[C@H](C)[C@H](OC(C)=O)[C@@H]3O. The molecule has 3 saturated heterocycles. The summed E-state index contributed by atoms with van der Waals surface area (Å²) in [6.07, 6.45) is -6.75. The van der Waals surface area contributed by atoms with Crippen molar-refractivity contribution < 1.29 is 76.8 Å². The Balaban J connectivity index is 1.75. The van der Waals surface area contributed by atoms with Crippen LogP contribution < -0.4 is 0 Å². The van der Waals surface area contributed by atoms with Crippen molar-refractivity contribution in [3.8, 4) is 0 Å². The van der Waals surface area contributed by atoms with Crippen LogP contribution in [-0.2, 0) is 66.6 Å². The van der Waals surface area contributed by atoms with Gasteiger partial charge < -0.3 is 52.8 Å². The Morgan fingerprint density at radius 1 is 0.828 bits per heavy atom. The molecule has 0 amide bonds. The molecule has 11 atom stereocenters. The van der Waals surface area contributed by atoms with Gasteiger partial charge in [-0.3, -0.25) is 14.4 Å². The van der Waals surface area contributed by atoms with E-state index in [1.165, 1.54) is 26.0 Å². The van der Waals surface area contributed by atoms with E-state index in [2.05, 4.69) is 6.92 Å². The number of aliphatic hydroxyl groups is 2. The van der Waals surface area contributed by atoms with Crippen molar-refractivity contribution in [3.05, 3.63) is 53.6 Å². The van der Waals surface area contributed by atoms with Crippen molar-refractivity contribution in [2.75, 3.05) is 13.2 Å². The van der Waals surface area contributed by atoms with Crippen LogP contribution in [0.25, 0.3) is 6.08 Å². The van der Waals surface area contributed by atoms with Crippen LogP contribution in [-0.4, -0.2) is 121 Å². The van der Waals surface area contributed by atoms with Gasteiger partial charge in [0.15, 0.2) is 30.9 Å². The number of hydrogen-bond donors (Lipinski definition) is 2. The lowest BCUT2D eigenvalue weighted by Gasteiger charge is -2.47. The number of rotatable bonds is 10. The number of carbonyl (C=O) groups excluding carboxylic acids is 5. The van der Waals surface area contributed by atoms with E-state index in [9.17, 15) is 34.2 Å². The minimum Gasteiger partial charge on any atom is -0.466 e. The van der Waals surface area contributed by atoms with E-state index in [4.69, 9.17) is 42.6 Å². The number of ether oxygens (including phenoxy) is 9. The Hall–Kier alpha value is -4.19. The zero-order valence-corrected chi connectivity index (χ0v) is 33.9. The van der Waals surface area contributed by atoms with Crippen LogP contribution in [0.1, 0.15) is 98.0 Å². The number of benzene rings is 1. The monoisotopic (exact) mass is 818 g/mol. The highest BCUT2D eigenvalue weighted by atomic mass is 16.8. The maximum Gasteiger partial charge on any atom is 0.333 e. The van der Waals surface area contributed by atoms with E-state index in [1.54, 1.807) is 38.1 Å². The van der Waals surface area contributed by atoms with E-state index in [0.717, 1.165) is 25.3 Å². The summed E-state index contributed by atoms with van der Waals surface area (Å²) < 4.78 is 53.0. The molecule has 58 heavy (non-hydrogen) atoms. The summed E-state index contributed by atoms with van der Waals surface area (Å²) in [4.78, 5) is 64.1. The number of carbonyl (C=O) groups is 5. The van der Waals surface area contributed by atoms with Gasteiger partial charge in [0.1, 0.15) is 31.0 Å². The molecule has 16 heteroatoms. The molecule has 322 valence electrons. The standard InChI is InChI=1S/C42H58O16/c1-6-8-10-17-29-18-13-14-23-50-31(44)21-22-32(45)51-24-30-37(56-33(46)20-19-28-15-11-9-12-16-28)38(57-40(49)25(3)7-2)35(48)41(55-30)58-39-34(47)36(53-27(5)43)26(4)52-42(39)54-29/h7,9,11-12,15-16,19-20,26,29-30,34-39,41-42,47-48H,6,8,10,13-14,17-18,21-24H2,1-5H3/b20-19+,25-7+/t26-,29+,30-,34+,35-,36+,37-,38-,39-,41+,42+/m1/s1. The first-order chi connectivity index (χ1) is 27.8. The maximum atomic E-state index is 13.3. The van der Waals surface area contributed by atoms with Crippen molar-refractivity contribution >= 4 is 35.9 Å². The molecular formula is C42H58O16. The van der Waals surface area contributed by atoms with Crippen LogP contribution in [0.3, 0.4) is 0 Å². The fourth-order valence-electron chi connectivity index (χ4n) is 6.69. The fourth-order valence-corrected chi connectivity index (χ4v) is 6.69. The van der Waals surface area contributed by atoms with Crippen molar-refractivity contribution in [1.29, 1.82) is 0 Å². The van der Waals surface area contributed by atoms with Crippen LogP contribution in [0, 0.1) is 0 Å². The van der Waals surface area contributed by atoms with Gasteiger partial charge in [0.2, 0.25) is 0 Å². The number of unbranched alkanes of at least 4 members (excludes halogenated alkanes) is 2. The molecule has 3 fully saturated rings. The highest BCUT2D eigenvalue weighted by Gasteiger charge is 2.55. The van der Waals surface area contributed by atoms with Gasteiger partial charge >= 0.3 is 29.8 Å². The minimum absolute atomic E-state index is 0.120. The third-order valence-corrected chi connectivity index (χ3v) is 10.0. The molecule has 3 aliphatic rings. The Morgan fingerprint density at radius 3 is 2.24 bits per heavy atom. The van der Waals surface area contributed by atoms with Gasteiger partial charge in [0.25, 0.3) is 0 Å². The second-order valence-corrected chi connectivity index (χ2v) is 14.5. The summed E-state index contributed by atoms with van der Waals surface area (Å²) in [5.74, 6) is -3.88. The summed E-state index contributed by atoms with van der Waals surface area (Å²) in [6.45, 7) is 7.44. The summed E-state index contributed by atoms with van der Waals surface area (Å²) >= 11 is 0. The maximum absolute atomic E-state index is 13.3. The molecule has 3 heterocycles. The van der Waals surface area contributed by atoms with Crippen molar-refractivity contribution in [1.82, 2.24) is 0 Å². The van der Waals surface area contributed by atoms with Gasteiger partial charge in [-0.05, 0) is 58.1 Å². The van der Waals surface area contributed by atoms with Crippen LogP contribution >= 0.6 is 0 Å². The van der Waals surface area contributed by atoms with Crippen LogP contribution in [0.5, 0.6) is 0 Å². The molecule has 0 radical (unpaired) electrons. The van der Waals surface area contributed by atoms with E-state index < -0.39 is 104 Å². The van der Waals surface area contributed by atoms with E-state index in [-0.39, 0.29) is 25.0 Å². The average molecular weight is 819 g/mol. The summed E-state index contributed by atoms with van der Waals surface area (Å²) in [7, 11) is 0. The topological polar surface area (TPSA) is 209 Å². The van der Waals surface area contributed by atoms with Gasteiger partial charge in [-0.25, -0.2) is 9.59 Å². The third-order valence-electron chi connectivity index (χ3n) is 10.0. The van der Waals surface area contributed by atoms with Gasteiger partial charge in [0, 0.05) is 18.6 Å². The lowest BCUT2D eigenvalue weighted by Crippen LogP contribution is -2.65. The normalized spacial score (nSPS) is 32.0. The highest BCUT2D eigenvalue weighted by molar-refractivity contribution is 5.88. The van der Waals surface area contributed by atoms with Gasteiger partial charge in [-0.2, -0.15) is 0 Å². The average Bonchev–Trinajstić information content (AvgIpc) is 3.20. The molecule has 0 unspecified atom stereocenters. The van der Waals surface area contributed by atoms with Gasteiger partial charge in [0.05, 0.1) is 31.7 Å². The Kier molecular flexibility index (Phi) is 18.8. The van der Waals surface area contributed by atoms with E-state index in [1.807, 2.05) is 6.07 Å². The molecule has 4 rings (SSSR count). The number of aliphatic hydroxyl groups excluding tert-OH is 2. The first kappa shape index (κ1) is 46.5. The molecule has 3 aliphatic heterocycles. The predicted octanol–water partition coefficient (Wildman–Crippen LogP) is 4.01. The first-order valence-electron chi connectivity index (χ1n) is 20.0. The molecular weight excluding hydrogens is 760 g/mol. The number of esters is 5. The van der Waals surface area contributed by atoms with Crippen LogP contribution in [0.15, 0.2) is 48.1 Å². The third kappa shape index (κ3) is 14.0. The van der Waals surface area contributed by atoms with Crippen molar-refractivity contribution in [2.24, 2.45) is 0 Å². The Bertz CT molecular complexity index is 1560. The summed E-state index contributed by atoms with van der Waals surface area (Å²) in [6, 6.07) is 8.87. The van der Waals surface area contributed by atoms with Crippen molar-refractivity contribution in [3.63, 3.8) is 0 Å². The summed E-state index contributed by atoms with van der Waals surface area (Å²) in [5, 5.41) is 23.7. The quantitative estimate of drug-likeness (QED) is 0.148. The zero-order valence-electron chi connectivity index (χ0n) is 33.9. The highest BCUT2D eigenvalue weighted by Crippen LogP contribution is 2.34. The van der Waals surface area contributed by atoms with Gasteiger partial charge in [-0.15, -0.1) is 0 Å². The molecule has 1 aromatic carbocycles. The molecule has 16 nitrogen and oxygen atoms in total. The number of allylic oxidation sites excluding steroid dienone is 1. The van der Waals surface area contributed by atoms with Crippen LogP contribution in [0.2, 0.25) is 0 Å². The Labute approximate surface area is 339 Å². The van der Waals surface area contributed by atoms with Crippen molar-refractivity contribution in [2.45, 2.75) is 160 Å². The minimum atomic E-state index is -1.89. The molecule has 0 aromatic heterocycles. The van der Waals surface area contributed by atoms with Crippen LogP contribution in [0.4, 0.5) is 0 Å². The number of fused-ring (bicyclic) bond motifs is 3.